The maximum atomic E-state index is 12.2. The van der Waals surface area contributed by atoms with Crippen molar-refractivity contribution in [3.05, 3.63) is 65.2 Å². The Bertz CT molecular complexity index is 732. The van der Waals surface area contributed by atoms with Gasteiger partial charge in [-0.05, 0) is 43.9 Å². The highest BCUT2D eigenvalue weighted by molar-refractivity contribution is 6.03. The van der Waals surface area contributed by atoms with Gasteiger partial charge in [-0.15, -0.1) is 12.4 Å². The molecule has 5 nitrogen and oxygen atoms in total. The molecule has 146 valence electrons. The zero-order valence-corrected chi connectivity index (χ0v) is 16.5. The fraction of sp³-hybridized carbons (Fsp3) is 0.333. The van der Waals surface area contributed by atoms with Crippen molar-refractivity contribution in [2.24, 2.45) is 5.73 Å². The van der Waals surface area contributed by atoms with Gasteiger partial charge in [0.15, 0.2) is 0 Å². The third kappa shape index (κ3) is 7.81. The summed E-state index contributed by atoms with van der Waals surface area (Å²) in [6.07, 6.45) is 3.16. The Labute approximate surface area is 167 Å². The number of hydrogen-bond acceptors (Lipinski definition) is 3. The van der Waals surface area contributed by atoms with Crippen LogP contribution in [0, 0.1) is 6.92 Å². The summed E-state index contributed by atoms with van der Waals surface area (Å²) in [4.78, 5) is 24.3. The zero-order valence-electron chi connectivity index (χ0n) is 15.7. The molecule has 0 aliphatic carbocycles. The van der Waals surface area contributed by atoms with Crippen LogP contribution in [0.5, 0.6) is 0 Å². The van der Waals surface area contributed by atoms with E-state index in [0.717, 1.165) is 19.3 Å². The molecule has 4 N–H and O–H groups in total. The largest absolute Gasteiger partial charge is 0.351 e. The lowest BCUT2D eigenvalue weighted by atomic mass is 10.1. The van der Waals surface area contributed by atoms with Gasteiger partial charge in [0.05, 0.1) is 11.3 Å². The van der Waals surface area contributed by atoms with Crippen molar-refractivity contribution >= 4 is 29.9 Å². The molecule has 0 aliphatic rings. The van der Waals surface area contributed by atoms with E-state index in [1.165, 1.54) is 11.1 Å². The molecule has 2 amide bonds. The van der Waals surface area contributed by atoms with Gasteiger partial charge < -0.3 is 16.4 Å². The first-order valence-electron chi connectivity index (χ1n) is 9.03. The second-order valence-corrected chi connectivity index (χ2v) is 6.33. The summed E-state index contributed by atoms with van der Waals surface area (Å²) in [6, 6.07) is 15.5. The van der Waals surface area contributed by atoms with Crippen LogP contribution in [-0.4, -0.2) is 24.9 Å². The van der Waals surface area contributed by atoms with Crippen LogP contribution in [-0.2, 0) is 11.2 Å². The van der Waals surface area contributed by atoms with Gasteiger partial charge in [0.1, 0.15) is 0 Å². The van der Waals surface area contributed by atoms with Crippen molar-refractivity contribution in [3.63, 3.8) is 0 Å². The number of benzene rings is 2. The normalized spacial score (nSPS) is 10.0. The molecule has 6 heteroatoms. The van der Waals surface area contributed by atoms with E-state index in [9.17, 15) is 9.59 Å². The van der Waals surface area contributed by atoms with Crippen molar-refractivity contribution in [2.45, 2.75) is 32.6 Å². The number of para-hydroxylation sites is 1. The number of nitrogens with two attached hydrogens (primary N) is 1. The fourth-order valence-corrected chi connectivity index (χ4v) is 2.65. The van der Waals surface area contributed by atoms with E-state index >= 15 is 0 Å². The molecule has 0 bridgehead atoms. The zero-order chi connectivity index (χ0) is 18.8. The minimum atomic E-state index is -0.231. The third-order valence-electron chi connectivity index (χ3n) is 4.12. The molecule has 0 heterocycles. The van der Waals surface area contributed by atoms with Crippen molar-refractivity contribution in [2.75, 3.05) is 18.4 Å². The monoisotopic (exact) mass is 389 g/mol. The first-order valence-corrected chi connectivity index (χ1v) is 9.03. The molecule has 0 radical (unpaired) electrons. The van der Waals surface area contributed by atoms with Crippen LogP contribution in [0.15, 0.2) is 48.5 Å². The predicted molar refractivity (Wildman–Crippen MR) is 112 cm³/mol. The molecule has 27 heavy (non-hydrogen) atoms. The Morgan fingerprint density at radius 2 is 1.70 bits per heavy atom. The number of anilines is 1. The molecule has 2 rings (SSSR count). The van der Waals surface area contributed by atoms with Gasteiger partial charge in [-0.3, -0.25) is 9.59 Å². The number of hydrogen-bond donors (Lipinski definition) is 3. The number of halogens is 1. The van der Waals surface area contributed by atoms with Gasteiger partial charge in [-0.25, -0.2) is 0 Å². The fourth-order valence-electron chi connectivity index (χ4n) is 2.65. The minimum absolute atomic E-state index is 0. The summed E-state index contributed by atoms with van der Waals surface area (Å²) in [5.41, 5.74) is 8.93. The number of amides is 2. The maximum Gasteiger partial charge on any atom is 0.253 e. The van der Waals surface area contributed by atoms with Crippen LogP contribution in [0.2, 0.25) is 0 Å². The first kappa shape index (κ1) is 22.7. The maximum absolute atomic E-state index is 12.2. The second-order valence-electron chi connectivity index (χ2n) is 6.33. The van der Waals surface area contributed by atoms with Crippen molar-refractivity contribution in [1.82, 2.24) is 5.32 Å². The molecule has 0 unspecified atom stereocenters. The smallest absolute Gasteiger partial charge is 0.253 e. The number of aryl methyl sites for hydroxylation is 2. The molecule has 2 aromatic rings. The summed E-state index contributed by atoms with van der Waals surface area (Å²) < 4.78 is 0. The number of carbonyl (C=O) groups is 2. The molecule has 0 saturated carbocycles. The molecule has 2 aromatic carbocycles. The Morgan fingerprint density at radius 3 is 2.41 bits per heavy atom. The summed E-state index contributed by atoms with van der Waals surface area (Å²) in [5, 5.41) is 5.56. The molecule has 0 atom stereocenters. The molecular formula is C21H28ClN3O2. The highest BCUT2D eigenvalue weighted by Crippen LogP contribution is 2.16. The lowest BCUT2D eigenvalue weighted by Gasteiger charge is -2.11. The van der Waals surface area contributed by atoms with Crippen LogP contribution < -0.4 is 16.4 Å². The lowest BCUT2D eigenvalue weighted by Crippen LogP contribution is -2.29. The van der Waals surface area contributed by atoms with Crippen LogP contribution in [0.4, 0.5) is 5.69 Å². The van der Waals surface area contributed by atoms with Gasteiger partial charge >= 0.3 is 0 Å². The molecular weight excluding hydrogens is 362 g/mol. The molecule has 0 aromatic heterocycles. The quantitative estimate of drug-likeness (QED) is 0.574. The molecule has 0 spiro atoms. The van der Waals surface area contributed by atoms with Crippen LogP contribution in [0.3, 0.4) is 0 Å². The van der Waals surface area contributed by atoms with E-state index < -0.39 is 0 Å². The van der Waals surface area contributed by atoms with Crippen molar-refractivity contribution in [3.8, 4) is 0 Å². The minimum Gasteiger partial charge on any atom is -0.351 e. The lowest BCUT2D eigenvalue weighted by molar-refractivity contribution is -0.116. The number of carbonyl (C=O) groups excluding carboxylic acids is 2. The number of rotatable bonds is 9. The number of nitrogens with one attached hydrogen (secondary N) is 2. The topological polar surface area (TPSA) is 84.2 Å². The Kier molecular flexibility index (Phi) is 10.2. The molecule has 0 aliphatic heterocycles. The average Bonchev–Trinajstić information content (AvgIpc) is 2.65. The highest BCUT2D eigenvalue weighted by Gasteiger charge is 2.12. The third-order valence-corrected chi connectivity index (χ3v) is 4.12. The van der Waals surface area contributed by atoms with Gasteiger partial charge in [0.2, 0.25) is 5.91 Å². The van der Waals surface area contributed by atoms with E-state index in [1.807, 2.05) is 0 Å². The summed E-state index contributed by atoms with van der Waals surface area (Å²) >= 11 is 0. The van der Waals surface area contributed by atoms with E-state index in [0.29, 0.717) is 30.8 Å². The molecule has 0 saturated heterocycles. The van der Waals surface area contributed by atoms with Crippen LogP contribution >= 0.6 is 12.4 Å². The van der Waals surface area contributed by atoms with Crippen molar-refractivity contribution in [1.29, 1.82) is 0 Å². The van der Waals surface area contributed by atoms with E-state index in [1.54, 1.807) is 24.3 Å². The Morgan fingerprint density at radius 1 is 1.00 bits per heavy atom. The molecule has 0 fully saturated rings. The standard InChI is InChI=1S/C21H27N3O2.ClH/c1-16-10-12-17(13-11-16)6-2-5-9-20(25)24-19-8-4-3-7-18(19)21(26)23-15-14-22;/h3-4,7-8,10-13H,2,5-6,9,14-15,22H2,1H3,(H,23,26)(H,24,25);1H. The van der Waals surface area contributed by atoms with Crippen molar-refractivity contribution < 1.29 is 9.59 Å². The summed E-state index contributed by atoms with van der Waals surface area (Å²) in [5.74, 6) is -0.307. The van der Waals surface area contributed by atoms with Gasteiger partial charge in [-0.2, -0.15) is 0 Å². The van der Waals surface area contributed by atoms with Gasteiger partial charge in [-0.1, -0.05) is 42.0 Å². The highest BCUT2D eigenvalue weighted by atomic mass is 35.5. The van der Waals surface area contributed by atoms with E-state index in [2.05, 4.69) is 41.8 Å². The first-order chi connectivity index (χ1) is 12.6. The average molecular weight is 390 g/mol. The summed E-state index contributed by atoms with van der Waals surface area (Å²) in [6.45, 7) is 2.85. The van der Waals surface area contributed by atoms with Gasteiger partial charge in [0, 0.05) is 19.5 Å². The number of unbranched alkanes of at least 4 members (excludes halogenated alkanes) is 1. The SMILES string of the molecule is Cc1ccc(CCCCC(=O)Nc2ccccc2C(=O)NCCN)cc1.Cl. The Hall–Kier alpha value is -2.37. The Balaban J connectivity index is 0.00000364. The van der Waals surface area contributed by atoms with Crippen LogP contribution in [0.1, 0.15) is 40.7 Å². The second kappa shape index (κ2) is 12.1. The van der Waals surface area contributed by atoms with Gasteiger partial charge in [0.25, 0.3) is 5.91 Å². The van der Waals surface area contributed by atoms with E-state index in [4.69, 9.17) is 5.73 Å². The van der Waals surface area contributed by atoms with E-state index in [-0.39, 0.29) is 24.2 Å². The summed E-state index contributed by atoms with van der Waals surface area (Å²) in [7, 11) is 0. The van der Waals surface area contributed by atoms with Crippen LogP contribution in [0.25, 0.3) is 0 Å². The predicted octanol–water partition coefficient (Wildman–Crippen LogP) is 3.46.